The molecule has 1 aromatic carbocycles. The number of hydrogen-bond acceptors (Lipinski definition) is 4. The molecule has 0 heterocycles. The average Bonchev–Trinajstić information content (AvgIpc) is 2.77. The molecular formula is C29H40N2O2. The van der Waals surface area contributed by atoms with Crippen LogP contribution >= 0.6 is 0 Å². The van der Waals surface area contributed by atoms with Gasteiger partial charge >= 0.3 is 0 Å². The third-order valence-electron chi connectivity index (χ3n) is 8.70. The molecule has 0 aliphatic heterocycles. The summed E-state index contributed by atoms with van der Waals surface area (Å²) in [5, 5.41) is 10.2. The molecule has 4 aliphatic carbocycles. The topological polar surface area (TPSA) is 45.5 Å². The highest BCUT2D eigenvalue weighted by atomic mass is 16.5. The van der Waals surface area contributed by atoms with Crippen LogP contribution in [0.2, 0.25) is 0 Å². The SMILES string of the molecule is COc1ccc(C(C#N)(CC#CCN(C)CC23CC4CC(CC(C4)C2)C3)C(C)C)cc1OC. The summed E-state index contributed by atoms with van der Waals surface area (Å²) in [5.41, 5.74) is 0.804. The Morgan fingerprint density at radius 3 is 2.15 bits per heavy atom. The van der Waals surface area contributed by atoms with Crippen LogP contribution in [0, 0.1) is 52.3 Å². The van der Waals surface area contributed by atoms with Gasteiger partial charge in [0.15, 0.2) is 11.5 Å². The molecule has 4 aliphatic rings. The molecular weight excluding hydrogens is 408 g/mol. The summed E-state index contributed by atoms with van der Waals surface area (Å²) in [5.74, 6) is 11.2. The second-order valence-electron chi connectivity index (χ2n) is 11.4. The first-order chi connectivity index (χ1) is 15.8. The molecule has 0 spiro atoms. The molecule has 0 amide bonds. The van der Waals surface area contributed by atoms with E-state index in [0.717, 1.165) is 29.9 Å². The molecule has 4 nitrogen and oxygen atoms in total. The van der Waals surface area contributed by atoms with Gasteiger partial charge in [0, 0.05) is 13.0 Å². The van der Waals surface area contributed by atoms with Crippen LogP contribution in [0.4, 0.5) is 0 Å². The quantitative estimate of drug-likeness (QED) is 0.481. The fourth-order valence-corrected chi connectivity index (χ4v) is 7.49. The minimum atomic E-state index is -0.676. The van der Waals surface area contributed by atoms with E-state index in [9.17, 15) is 5.26 Å². The maximum atomic E-state index is 10.2. The molecule has 4 heteroatoms. The zero-order valence-electron chi connectivity index (χ0n) is 21.1. The molecule has 4 bridgehead atoms. The van der Waals surface area contributed by atoms with Crippen LogP contribution in [0.5, 0.6) is 11.5 Å². The highest BCUT2D eigenvalue weighted by molar-refractivity contribution is 5.48. The third-order valence-corrected chi connectivity index (χ3v) is 8.70. The van der Waals surface area contributed by atoms with Crippen LogP contribution in [0.25, 0.3) is 0 Å². The summed E-state index contributed by atoms with van der Waals surface area (Å²) >= 11 is 0. The summed E-state index contributed by atoms with van der Waals surface area (Å²) in [6, 6.07) is 8.39. The molecule has 0 radical (unpaired) electrons. The Labute approximate surface area is 200 Å². The molecule has 1 aromatic rings. The number of methoxy groups -OCH3 is 2. The van der Waals surface area contributed by atoms with E-state index >= 15 is 0 Å². The first kappa shape index (κ1) is 24.0. The Balaban J connectivity index is 1.42. The lowest BCUT2D eigenvalue weighted by molar-refractivity contribution is -0.0648. The summed E-state index contributed by atoms with van der Waals surface area (Å²) in [4.78, 5) is 2.43. The minimum Gasteiger partial charge on any atom is -0.493 e. The van der Waals surface area contributed by atoms with Crippen molar-refractivity contribution in [3.8, 4) is 29.4 Å². The molecule has 178 valence electrons. The molecule has 1 atom stereocenters. The first-order valence-corrected chi connectivity index (χ1v) is 12.6. The molecule has 5 rings (SSSR count). The summed E-state index contributed by atoms with van der Waals surface area (Å²) in [6.07, 6.45) is 9.28. The number of nitrogens with zero attached hydrogens (tertiary/aromatic N) is 2. The van der Waals surface area contributed by atoms with Crippen LogP contribution in [0.3, 0.4) is 0 Å². The van der Waals surface area contributed by atoms with Gasteiger partial charge in [0.1, 0.15) is 0 Å². The molecule has 0 aromatic heterocycles. The van der Waals surface area contributed by atoms with Gasteiger partial charge in [0.05, 0.1) is 32.2 Å². The number of ether oxygens (including phenoxy) is 2. The Kier molecular flexibility index (Phi) is 6.97. The maximum absolute atomic E-state index is 10.2. The second-order valence-corrected chi connectivity index (χ2v) is 11.4. The van der Waals surface area contributed by atoms with Crippen molar-refractivity contribution in [1.82, 2.24) is 4.90 Å². The Hall–Kier alpha value is -2.17. The molecule has 1 unspecified atom stereocenters. The zero-order valence-corrected chi connectivity index (χ0v) is 21.1. The van der Waals surface area contributed by atoms with Crippen LogP contribution < -0.4 is 9.47 Å². The van der Waals surface area contributed by atoms with Gasteiger partial charge in [-0.05, 0) is 92.4 Å². The molecule has 4 saturated carbocycles. The predicted molar refractivity (Wildman–Crippen MR) is 132 cm³/mol. The Bertz CT molecular complexity index is 915. The Morgan fingerprint density at radius 1 is 1.03 bits per heavy atom. The predicted octanol–water partition coefficient (Wildman–Crippen LogP) is 5.66. The largest absolute Gasteiger partial charge is 0.493 e. The van der Waals surface area contributed by atoms with Crippen molar-refractivity contribution in [2.24, 2.45) is 29.1 Å². The van der Waals surface area contributed by atoms with Crippen molar-refractivity contribution in [3.05, 3.63) is 23.8 Å². The molecule has 4 fully saturated rings. The number of rotatable bonds is 8. The number of nitriles is 1. The third kappa shape index (κ3) is 4.74. The van der Waals surface area contributed by atoms with E-state index in [4.69, 9.17) is 9.47 Å². The van der Waals surface area contributed by atoms with Gasteiger partial charge in [-0.3, -0.25) is 4.90 Å². The van der Waals surface area contributed by atoms with Gasteiger partial charge < -0.3 is 9.47 Å². The van der Waals surface area contributed by atoms with Gasteiger partial charge in [-0.25, -0.2) is 0 Å². The van der Waals surface area contributed by atoms with E-state index in [1.165, 1.54) is 45.1 Å². The lowest BCUT2D eigenvalue weighted by Gasteiger charge is -2.57. The van der Waals surface area contributed by atoms with E-state index in [0.29, 0.717) is 23.3 Å². The number of hydrogen-bond donors (Lipinski definition) is 0. The first-order valence-electron chi connectivity index (χ1n) is 12.6. The van der Waals surface area contributed by atoms with Gasteiger partial charge in [-0.15, -0.1) is 0 Å². The van der Waals surface area contributed by atoms with Crippen molar-refractivity contribution in [2.45, 2.75) is 64.2 Å². The molecule has 0 N–H and O–H groups in total. The zero-order chi connectivity index (χ0) is 23.6. The maximum Gasteiger partial charge on any atom is 0.161 e. The lowest BCUT2D eigenvalue weighted by atomic mass is 9.49. The van der Waals surface area contributed by atoms with E-state index in [-0.39, 0.29) is 5.92 Å². The Morgan fingerprint density at radius 2 is 1.64 bits per heavy atom. The van der Waals surface area contributed by atoms with Crippen molar-refractivity contribution in [3.63, 3.8) is 0 Å². The fourth-order valence-electron chi connectivity index (χ4n) is 7.49. The van der Waals surface area contributed by atoms with Crippen molar-refractivity contribution < 1.29 is 9.47 Å². The molecule has 33 heavy (non-hydrogen) atoms. The van der Waals surface area contributed by atoms with Crippen molar-refractivity contribution >= 4 is 0 Å². The summed E-state index contributed by atoms with van der Waals surface area (Å²) in [6.45, 7) is 6.14. The smallest absolute Gasteiger partial charge is 0.161 e. The standard InChI is InChI=1S/C29H40N2O2/c1-21(2)29(19-30,25-8-9-26(32-4)27(15-25)33-5)10-6-7-11-31(3)20-28-16-22-12-23(17-28)14-24(13-22)18-28/h8-9,15,21-24H,10-14,16-18,20H2,1-5H3. The van der Waals surface area contributed by atoms with Crippen LogP contribution in [-0.2, 0) is 5.41 Å². The van der Waals surface area contributed by atoms with Crippen LogP contribution in [0.1, 0.15) is 64.4 Å². The van der Waals surface area contributed by atoms with Crippen molar-refractivity contribution in [2.75, 3.05) is 34.4 Å². The molecule has 0 saturated heterocycles. The number of benzene rings is 1. The van der Waals surface area contributed by atoms with Crippen molar-refractivity contribution in [1.29, 1.82) is 5.26 Å². The summed E-state index contributed by atoms with van der Waals surface area (Å²) < 4.78 is 10.9. The monoisotopic (exact) mass is 448 g/mol. The fraction of sp³-hybridized carbons (Fsp3) is 0.690. The summed E-state index contributed by atoms with van der Waals surface area (Å²) in [7, 11) is 5.48. The normalized spacial score (nSPS) is 29.3. The second kappa shape index (κ2) is 9.60. The van der Waals surface area contributed by atoms with Crippen LogP contribution in [0.15, 0.2) is 18.2 Å². The van der Waals surface area contributed by atoms with Crippen LogP contribution in [-0.4, -0.2) is 39.3 Å². The van der Waals surface area contributed by atoms with Gasteiger partial charge in [-0.2, -0.15) is 5.26 Å². The highest BCUT2D eigenvalue weighted by Gasteiger charge is 2.50. The lowest BCUT2D eigenvalue weighted by Crippen LogP contribution is -2.50. The minimum absolute atomic E-state index is 0.125. The van der Waals surface area contributed by atoms with E-state index in [2.05, 4.69) is 43.7 Å². The van der Waals surface area contributed by atoms with E-state index < -0.39 is 5.41 Å². The van der Waals surface area contributed by atoms with E-state index in [1.54, 1.807) is 14.2 Å². The van der Waals surface area contributed by atoms with Gasteiger partial charge in [-0.1, -0.05) is 31.8 Å². The average molecular weight is 449 g/mol. The van der Waals surface area contributed by atoms with Gasteiger partial charge in [0.2, 0.25) is 0 Å². The van der Waals surface area contributed by atoms with E-state index in [1.807, 2.05) is 18.2 Å². The highest BCUT2D eigenvalue weighted by Crippen LogP contribution is 2.60. The van der Waals surface area contributed by atoms with Gasteiger partial charge in [0.25, 0.3) is 0 Å².